The summed E-state index contributed by atoms with van der Waals surface area (Å²) >= 11 is 8.51. The molecule has 5 heteroatoms. The van der Waals surface area contributed by atoms with E-state index in [9.17, 15) is 5.11 Å². The smallest absolute Gasteiger partial charge is 0.136 e. The monoisotopic (exact) mass is 388 g/mol. The highest BCUT2D eigenvalue weighted by Gasteiger charge is 2.28. The second kappa shape index (κ2) is 4.96. The van der Waals surface area contributed by atoms with Crippen LogP contribution in [0.15, 0.2) is 38.6 Å². The van der Waals surface area contributed by atoms with Crippen LogP contribution in [0.2, 0.25) is 0 Å². The maximum atomic E-state index is 10.2. The lowest BCUT2D eigenvalue weighted by atomic mass is 9.98. The number of benzene rings is 1. The summed E-state index contributed by atoms with van der Waals surface area (Å²) in [5.74, 6) is 0.762. The Bertz CT molecular complexity index is 582. The molecule has 0 fully saturated rings. The number of aliphatic hydroxyl groups is 1. The second-order valence-corrected chi connectivity index (χ2v) is 6.98. The van der Waals surface area contributed by atoms with Crippen molar-refractivity contribution in [3.8, 4) is 5.75 Å². The number of thiophene rings is 1. The van der Waals surface area contributed by atoms with Gasteiger partial charge < -0.3 is 9.84 Å². The molecule has 0 spiro atoms. The Morgan fingerprint density at radius 3 is 2.78 bits per heavy atom. The molecule has 2 heterocycles. The van der Waals surface area contributed by atoms with Gasteiger partial charge in [0.2, 0.25) is 0 Å². The first-order chi connectivity index (χ1) is 8.63. The molecule has 0 saturated carbocycles. The number of aliphatic hydroxyl groups excluding tert-OH is 1. The first-order valence-electron chi connectivity index (χ1n) is 5.51. The molecule has 1 aliphatic rings. The first kappa shape index (κ1) is 12.7. The maximum Gasteiger partial charge on any atom is 0.136 e. The van der Waals surface area contributed by atoms with Gasteiger partial charge in [-0.15, -0.1) is 11.3 Å². The van der Waals surface area contributed by atoms with E-state index in [-0.39, 0.29) is 6.10 Å². The van der Waals surface area contributed by atoms with Gasteiger partial charge in [0.15, 0.2) is 0 Å². The van der Waals surface area contributed by atoms with Crippen LogP contribution in [0.3, 0.4) is 0 Å². The fourth-order valence-electron chi connectivity index (χ4n) is 2.09. The number of halogens is 2. The average Bonchev–Trinajstić information content (AvgIpc) is 2.75. The van der Waals surface area contributed by atoms with E-state index in [1.807, 2.05) is 29.6 Å². The van der Waals surface area contributed by atoms with Crippen LogP contribution in [-0.2, 0) is 0 Å². The van der Waals surface area contributed by atoms with Crippen LogP contribution in [0.4, 0.5) is 0 Å². The van der Waals surface area contributed by atoms with Crippen molar-refractivity contribution in [2.24, 2.45) is 0 Å². The van der Waals surface area contributed by atoms with E-state index >= 15 is 0 Å². The largest absolute Gasteiger partial charge is 0.484 e. The minimum Gasteiger partial charge on any atom is -0.484 e. The van der Waals surface area contributed by atoms with Crippen LogP contribution in [0.25, 0.3) is 0 Å². The normalized spacial score (nSPS) is 22.4. The molecule has 2 unspecified atom stereocenters. The van der Waals surface area contributed by atoms with Gasteiger partial charge in [-0.05, 0) is 34.1 Å². The van der Waals surface area contributed by atoms with E-state index in [2.05, 4.69) is 31.9 Å². The molecule has 2 atom stereocenters. The lowest BCUT2D eigenvalue weighted by Crippen LogP contribution is -2.18. The van der Waals surface area contributed by atoms with E-state index in [0.29, 0.717) is 6.42 Å². The van der Waals surface area contributed by atoms with Crippen LogP contribution >= 0.6 is 43.2 Å². The third-order valence-electron chi connectivity index (χ3n) is 2.95. The van der Waals surface area contributed by atoms with Gasteiger partial charge in [0, 0.05) is 31.2 Å². The number of hydrogen-bond acceptors (Lipinski definition) is 3. The Morgan fingerprint density at radius 2 is 2.06 bits per heavy atom. The van der Waals surface area contributed by atoms with Gasteiger partial charge in [0.25, 0.3) is 0 Å². The summed E-state index contributed by atoms with van der Waals surface area (Å²) in [6, 6.07) is 7.79. The molecule has 1 aliphatic heterocycles. The molecule has 2 nitrogen and oxygen atoms in total. The summed E-state index contributed by atoms with van der Waals surface area (Å²) in [7, 11) is 0. The standard InChI is InChI=1S/C13H10Br2O2S/c14-7-1-2-9-10(16)5-12(17-11(9)3-7)13-4-8(15)6-18-13/h1-4,6,10,12,16H,5H2. The van der Waals surface area contributed by atoms with Crippen molar-refractivity contribution in [1.82, 2.24) is 0 Å². The van der Waals surface area contributed by atoms with Gasteiger partial charge in [0.05, 0.1) is 6.10 Å². The molecule has 1 N–H and O–H groups in total. The minimum absolute atomic E-state index is 0.0712. The number of ether oxygens (including phenoxy) is 1. The van der Waals surface area contributed by atoms with Gasteiger partial charge in [-0.1, -0.05) is 22.0 Å². The highest BCUT2D eigenvalue weighted by molar-refractivity contribution is 9.10. The Kier molecular flexibility index (Phi) is 3.49. The summed E-state index contributed by atoms with van der Waals surface area (Å²) in [4.78, 5) is 1.13. The van der Waals surface area contributed by atoms with Crippen molar-refractivity contribution < 1.29 is 9.84 Å². The highest BCUT2D eigenvalue weighted by Crippen LogP contribution is 2.43. The van der Waals surface area contributed by atoms with Gasteiger partial charge >= 0.3 is 0 Å². The third kappa shape index (κ3) is 2.37. The van der Waals surface area contributed by atoms with E-state index < -0.39 is 6.10 Å². The second-order valence-electron chi connectivity index (χ2n) is 4.21. The summed E-state index contributed by atoms with van der Waals surface area (Å²) in [5.41, 5.74) is 0.866. The lowest BCUT2D eigenvalue weighted by Gasteiger charge is -2.29. The van der Waals surface area contributed by atoms with Crippen LogP contribution in [-0.4, -0.2) is 5.11 Å². The maximum absolute atomic E-state index is 10.2. The molecule has 1 aromatic heterocycles. The Morgan fingerprint density at radius 1 is 1.22 bits per heavy atom. The molecule has 2 aromatic rings. The van der Waals surface area contributed by atoms with Crippen molar-refractivity contribution in [3.63, 3.8) is 0 Å². The number of fused-ring (bicyclic) bond motifs is 1. The molecule has 1 aromatic carbocycles. The van der Waals surface area contributed by atoms with E-state index in [1.165, 1.54) is 0 Å². The van der Waals surface area contributed by atoms with Crippen molar-refractivity contribution in [1.29, 1.82) is 0 Å². The number of rotatable bonds is 1. The molecule has 18 heavy (non-hydrogen) atoms. The molecular formula is C13H10Br2O2S. The van der Waals surface area contributed by atoms with Gasteiger partial charge in [-0.3, -0.25) is 0 Å². The molecule has 0 saturated heterocycles. The van der Waals surface area contributed by atoms with Crippen LogP contribution < -0.4 is 4.74 Å². The molecule has 0 amide bonds. The summed E-state index contributed by atoms with van der Waals surface area (Å²) < 4.78 is 8.00. The van der Waals surface area contributed by atoms with Gasteiger partial charge in [-0.2, -0.15) is 0 Å². The zero-order chi connectivity index (χ0) is 12.7. The molecule has 0 radical (unpaired) electrons. The zero-order valence-corrected chi connectivity index (χ0v) is 13.3. The molecule has 0 bridgehead atoms. The summed E-state index contributed by atoms with van der Waals surface area (Å²) in [5, 5.41) is 12.2. The quantitative estimate of drug-likeness (QED) is 0.756. The topological polar surface area (TPSA) is 29.5 Å². The zero-order valence-electron chi connectivity index (χ0n) is 9.27. The van der Waals surface area contributed by atoms with E-state index in [0.717, 1.165) is 25.1 Å². The van der Waals surface area contributed by atoms with Crippen LogP contribution in [0, 0.1) is 0 Å². The highest BCUT2D eigenvalue weighted by atomic mass is 79.9. The molecule has 0 aliphatic carbocycles. The van der Waals surface area contributed by atoms with Crippen molar-refractivity contribution in [2.75, 3.05) is 0 Å². The lowest BCUT2D eigenvalue weighted by molar-refractivity contribution is 0.0673. The number of hydrogen-bond donors (Lipinski definition) is 1. The summed E-state index contributed by atoms with van der Waals surface area (Å²) in [6.07, 6.45) is 0.0625. The third-order valence-corrected chi connectivity index (χ3v) is 5.23. The first-order valence-corrected chi connectivity index (χ1v) is 7.98. The van der Waals surface area contributed by atoms with Crippen LogP contribution in [0.5, 0.6) is 5.75 Å². The fourth-order valence-corrected chi connectivity index (χ4v) is 3.91. The van der Waals surface area contributed by atoms with E-state index in [4.69, 9.17) is 4.74 Å². The van der Waals surface area contributed by atoms with Gasteiger partial charge in [0.1, 0.15) is 11.9 Å². The Balaban J connectivity index is 1.95. The van der Waals surface area contributed by atoms with Crippen molar-refractivity contribution >= 4 is 43.2 Å². The average molecular weight is 390 g/mol. The fraction of sp³-hybridized carbons (Fsp3) is 0.231. The minimum atomic E-state index is -0.465. The molecule has 94 valence electrons. The van der Waals surface area contributed by atoms with Crippen molar-refractivity contribution in [2.45, 2.75) is 18.6 Å². The predicted molar refractivity (Wildman–Crippen MR) is 79.1 cm³/mol. The Labute approximate surface area is 126 Å². The SMILES string of the molecule is OC1CC(c2cc(Br)cs2)Oc2cc(Br)ccc21. The van der Waals surface area contributed by atoms with Gasteiger partial charge in [-0.25, -0.2) is 0 Å². The Hall–Kier alpha value is -0.360. The summed E-state index contributed by atoms with van der Waals surface area (Å²) in [6.45, 7) is 0. The molecule has 3 rings (SSSR count). The van der Waals surface area contributed by atoms with E-state index in [1.54, 1.807) is 11.3 Å². The van der Waals surface area contributed by atoms with Crippen molar-refractivity contribution in [3.05, 3.63) is 49.0 Å². The predicted octanol–water partition coefficient (Wildman–Crippen LogP) is 4.83. The van der Waals surface area contributed by atoms with Crippen LogP contribution in [0.1, 0.15) is 29.1 Å². The molecular weight excluding hydrogens is 380 g/mol.